The van der Waals surface area contributed by atoms with Crippen molar-refractivity contribution in [2.75, 3.05) is 6.61 Å². The second-order valence-corrected chi connectivity index (χ2v) is 5.95. The van der Waals surface area contributed by atoms with Crippen LogP contribution in [0.1, 0.15) is 45.1 Å². The molecule has 0 saturated carbocycles. The number of rotatable bonds is 8. The molecule has 0 aliphatic heterocycles. The first-order chi connectivity index (χ1) is 12.0. The van der Waals surface area contributed by atoms with Crippen LogP contribution in [0.3, 0.4) is 0 Å². The topological polar surface area (TPSA) is 9.23 Å². The average molecular weight is 354 g/mol. The number of benzene rings is 2. The predicted molar refractivity (Wildman–Crippen MR) is 90.7 cm³/mol. The van der Waals surface area contributed by atoms with Gasteiger partial charge < -0.3 is 4.74 Å². The van der Waals surface area contributed by atoms with Crippen LogP contribution in [0.5, 0.6) is 5.75 Å². The zero-order valence-electron chi connectivity index (χ0n) is 14.5. The molecule has 0 bridgehead atoms. The molecule has 0 radical (unpaired) electrons. The van der Waals surface area contributed by atoms with Crippen LogP contribution in [0.25, 0.3) is 11.1 Å². The van der Waals surface area contributed by atoms with Crippen LogP contribution in [0, 0.1) is 23.3 Å². The molecule has 0 atom stereocenters. The highest BCUT2D eigenvalue weighted by atomic mass is 19.2. The van der Waals surface area contributed by atoms with Crippen LogP contribution in [0.4, 0.5) is 17.6 Å². The molecule has 0 N–H and O–H groups in total. The summed E-state index contributed by atoms with van der Waals surface area (Å²) < 4.78 is 62.1. The smallest absolute Gasteiger partial charge is 0.201 e. The fourth-order valence-corrected chi connectivity index (χ4v) is 2.62. The van der Waals surface area contributed by atoms with E-state index in [9.17, 15) is 17.6 Å². The van der Waals surface area contributed by atoms with E-state index in [0.717, 1.165) is 19.3 Å². The molecule has 0 saturated heterocycles. The minimum absolute atomic E-state index is 0.236. The number of halogens is 4. The van der Waals surface area contributed by atoms with Crippen LogP contribution in [0.2, 0.25) is 0 Å². The highest BCUT2D eigenvalue weighted by molar-refractivity contribution is 5.66. The van der Waals surface area contributed by atoms with E-state index in [1.807, 2.05) is 13.8 Å². The first kappa shape index (κ1) is 19.3. The summed E-state index contributed by atoms with van der Waals surface area (Å²) in [5, 5.41) is 0. The zero-order valence-corrected chi connectivity index (χ0v) is 14.5. The van der Waals surface area contributed by atoms with Gasteiger partial charge >= 0.3 is 0 Å². The fraction of sp³-hybridized carbons (Fsp3) is 0.400. The van der Waals surface area contributed by atoms with Gasteiger partial charge in [-0.1, -0.05) is 38.8 Å². The van der Waals surface area contributed by atoms with Crippen molar-refractivity contribution in [3.63, 3.8) is 0 Å². The van der Waals surface area contributed by atoms with Gasteiger partial charge in [0.2, 0.25) is 5.82 Å². The van der Waals surface area contributed by atoms with Crippen molar-refractivity contribution in [1.82, 2.24) is 0 Å². The van der Waals surface area contributed by atoms with E-state index in [-0.39, 0.29) is 29.0 Å². The van der Waals surface area contributed by atoms with Crippen molar-refractivity contribution in [1.29, 1.82) is 0 Å². The average Bonchev–Trinajstić information content (AvgIpc) is 2.61. The van der Waals surface area contributed by atoms with Crippen molar-refractivity contribution < 1.29 is 22.3 Å². The van der Waals surface area contributed by atoms with Crippen LogP contribution in [-0.4, -0.2) is 6.61 Å². The molecule has 0 aromatic heterocycles. The third kappa shape index (κ3) is 4.33. The van der Waals surface area contributed by atoms with Crippen LogP contribution < -0.4 is 4.74 Å². The van der Waals surface area contributed by atoms with E-state index in [2.05, 4.69) is 0 Å². The first-order valence-electron chi connectivity index (χ1n) is 8.59. The lowest BCUT2D eigenvalue weighted by Gasteiger charge is -2.12. The van der Waals surface area contributed by atoms with Crippen LogP contribution >= 0.6 is 0 Å². The first-order valence-corrected chi connectivity index (χ1v) is 8.59. The molecule has 5 heteroatoms. The SMILES string of the molecule is CCCCCc1ccc(-c2ccc(OCCC)c(F)c2F)c(F)c1F. The van der Waals surface area contributed by atoms with E-state index in [0.29, 0.717) is 12.8 Å². The Kier molecular flexibility index (Phi) is 6.85. The lowest BCUT2D eigenvalue weighted by atomic mass is 9.99. The fourth-order valence-electron chi connectivity index (χ4n) is 2.62. The quantitative estimate of drug-likeness (QED) is 0.392. The van der Waals surface area contributed by atoms with Gasteiger partial charge in [0.05, 0.1) is 6.61 Å². The molecule has 0 spiro atoms. The van der Waals surface area contributed by atoms with Gasteiger partial charge in [-0.05, 0) is 37.0 Å². The summed E-state index contributed by atoms with van der Waals surface area (Å²) in [6, 6.07) is 5.17. The van der Waals surface area contributed by atoms with Crippen molar-refractivity contribution in [3.8, 4) is 16.9 Å². The number of ether oxygens (including phenoxy) is 1. The summed E-state index contributed by atoms with van der Waals surface area (Å²) in [5.41, 5.74) is -0.369. The third-order valence-corrected chi connectivity index (χ3v) is 4.01. The Hall–Kier alpha value is -2.04. The lowest BCUT2D eigenvalue weighted by Crippen LogP contribution is -2.02. The molecule has 0 unspecified atom stereocenters. The van der Waals surface area contributed by atoms with E-state index in [4.69, 9.17) is 4.74 Å². The molecule has 2 aromatic rings. The van der Waals surface area contributed by atoms with Gasteiger partial charge in [0.1, 0.15) is 0 Å². The molecule has 1 nitrogen and oxygen atoms in total. The molecule has 0 amide bonds. The molecule has 2 aromatic carbocycles. The standard InChI is InChI=1S/C20H22F4O/c1-3-5-6-7-13-8-9-14(18(22)17(13)21)15-10-11-16(25-12-4-2)20(24)19(15)23/h8-11H,3-7,12H2,1-2H3. The minimum Gasteiger partial charge on any atom is -0.490 e. The molecule has 0 aliphatic rings. The summed E-state index contributed by atoms with van der Waals surface area (Å²) in [4.78, 5) is 0. The molecule has 0 fully saturated rings. The van der Waals surface area contributed by atoms with E-state index in [1.165, 1.54) is 24.3 Å². The second-order valence-electron chi connectivity index (χ2n) is 5.95. The highest BCUT2D eigenvalue weighted by Crippen LogP contribution is 2.33. The largest absolute Gasteiger partial charge is 0.490 e. The summed E-state index contributed by atoms with van der Waals surface area (Å²) in [7, 11) is 0. The molecule has 0 aliphatic carbocycles. The maximum Gasteiger partial charge on any atom is 0.201 e. The summed E-state index contributed by atoms with van der Waals surface area (Å²) in [5.74, 6) is -4.84. The number of hydrogen-bond acceptors (Lipinski definition) is 1. The van der Waals surface area contributed by atoms with Crippen molar-refractivity contribution in [2.24, 2.45) is 0 Å². The molecule has 0 heterocycles. The second kappa shape index (κ2) is 8.88. The Morgan fingerprint density at radius 3 is 2.00 bits per heavy atom. The van der Waals surface area contributed by atoms with Gasteiger partial charge in [0.25, 0.3) is 0 Å². The maximum absolute atomic E-state index is 14.4. The van der Waals surface area contributed by atoms with E-state index < -0.39 is 23.3 Å². The maximum atomic E-state index is 14.4. The van der Waals surface area contributed by atoms with Crippen LogP contribution in [-0.2, 0) is 6.42 Å². The van der Waals surface area contributed by atoms with Crippen molar-refractivity contribution >= 4 is 0 Å². The normalized spacial score (nSPS) is 11.0. The van der Waals surface area contributed by atoms with E-state index >= 15 is 0 Å². The molecular formula is C20H22F4O. The van der Waals surface area contributed by atoms with E-state index in [1.54, 1.807) is 0 Å². The Bertz CT molecular complexity index is 728. The Labute approximate surface area is 145 Å². The Balaban J connectivity index is 2.35. The molecular weight excluding hydrogens is 332 g/mol. The van der Waals surface area contributed by atoms with Gasteiger partial charge in [-0.15, -0.1) is 0 Å². The predicted octanol–water partition coefficient (Wildman–Crippen LogP) is 6.43. The number of hydrogen-bond donors (Lipinski definition) is 0. The zero-order chi connectivity index (χ0) is 18.4. The molecule has 136 valence electrons. The van der Waals surface area contributed by atoms with Crippen LogP contribution in [0.15, 0.2) is 24.3 Å². The van der Waals surface area contributed by atoms with Gasteiger partial charge in [0.15, 0.2) is 23.2 Å². The van der Waals surface area contributed by atoms with Gasteiger partial charge in [-0.25, -0.2) is 13.2 Å². The summed E-state index contributed by atoms with van der Waals surface area (Å²) in [6.07, 6.45) is 3.69. The monoisotopic (exact) mass is 354 g/mol. The van der Waals surface area contributed by atoms with Crippen molar-refractivity contribution in [2.45, 2.75) is 46.0 Å². The Morgan fingerprint density at radius 1 is 0.720 bits per heavy atom. The third-order valence-electron chi connectivity index (χ3n) is 4.01. The summed E-state index contributed by atoms with van der Waals surface area (Å²) in [6.45, 7) is 4.10. The lowest BCUT2D eigenvalue weighted by molar-refractivity contribution is 0.295. The summed E-state index contributed by atoms with van der Waals surface area (Å²) >= 11 is 0. The Morgan fingerprint density at radius 2 is 1.36 bits per heavy atom. The van der Waals surface area contributed by atoms with Gasteiger partial charge in [-0.2, -0.15) is 4.39 Å². The van der Waals surface area contributed by atoms with Gasteiger partial charge in [-0.3, -0.25) is 0 Å². The van der Waals surface area contributed by atoms with Gasteiger partial charge in [0, 0.05) is 11.1 Å². The number of aryl methyl sites for hydroxylation is 1. The number of unbranched alkanes of at least 4 members (excludes halogenated alkanes) is 2. The molecule has 2 rings (SSSR count). The van der Waals surface area contributed by atoms with Crippen molar-refractivity contribution in [3.05, 3.63) is 53.1 Å². The molecule has 25 heavy (non-hydrogen) atoms. The highest BCUT2D eigenvalue weighted by Gasteiger charge is 2.21. The minimum atomic E-state index is -1.24.